The molecule has 0 radical (unpaired) electrons. The van der Waals surface area contributed by atoms with Crippen LogP contribution in [0.1, 0.15) is 35.2 Å². The normalized spacial score (nSPS) is 17.7. The van der Waals surface area contributed by atoms with Crippen LogP contribution in [0, 0.1) is 5.82 Å². The Morgan fingerprint density at radius 2 is 1.66 bits per heavy atom. The average molecular weight is 440 g/mol. The van der Waals surface area contributed by atoms with Crippen molar-refractivity contribution in [2.24, 2.45) is 5.73 Å². The van der Waals surface area contributed by atoms with E-state index in [0.29, 0.717) is 56.8 Å². The lowest BCUT2D eigenvalue weighted by atomic mass is 9.76. The summed E-state index contributed by atoms with van der Waals surface area (Å²) < 4.78 is 14.9. The molecule has 1 aliphatic heterocycles. The Kier molecular flexibility index (Phi) is 6.17. The third-order valence-electron chi connectivity index (χ3n) is 6.57. The first-order valence-corrected chi connectivity index (χ1v) is 11.0. The number of nitrogen functional groups attached to an aromatic ring is 1. The zero-order valence-electron chi connectivity index (χ0n) is 18.4. The van der Waals surface area contributed by atoms with Crippen LogP contribution in [0.3, 0.4) is 0 Å². The third-order valence-corrected chi connectivity index (χ3v) is 6.57. The average Bonchev–Trinajstić information content (AvgIpc) is 2.78. The molecule has 5 N–H and O–H groups in total. The quantitative estimate of drug-likeness (QED) is 0.618. The minimum atomic E-state index is -0.733. The van der Waals surface area contributed by atoms with Crippen molar-refractivity contribution in [2.75, 3.05) is 39.0 Å². The lowest BCUT2D eigenvalue weighted by molar-refractivity contribution is -0.141. The molecule has 1 heterocycles. The molecule has 7 nitrogen and oxygen atoms in total. The van der Waals surface area contributed by atoms with E-state index in [1.165, 1.54) is 12.1 Å². The lowest BCUT2D eigenvalue weighted by Crippen LogP contribution is -2.62. The van der Waals surface area contributed by atoms with Crippen molar-refractivity contribution in [3.8, 4) is 11.1 Å². The number of nitrogens with one attached hydrogen (secondary N) is 1. The summed E-state index contributed by atoms with van der Waals surface area (Å²) in [7, 11) is 1.85. The minimum Gasteiger partial charge on any atom is -0.398 e. The molecule has 2 aromatic rings. The molecule has 0 spiro atoms. The Balaban J connectivity index is 1.43. The number of anilines is 1. The number of piperazine rings is 1. The van der Waals surface area contributed by atoms with Crippen molar-refractivity contribution >= 4 is 17.5 Å². The fourth-order valence-electron chi connectivity index (χ4n) is 4.36. The Hall–Kier alpha value is -2.97. The summed E-state index contributed by atoms with van der Waals surface area (Å²) in [6.07, 6.45) is 2.40. The second kappa shape index (κ2) is 8.88. The van der Waals surface area contributed by atoms with Crippen LogP contribution in [0.25, 0.3) is 11.1 Å². The number of rotatable bonds is 5. The molecule has 2 aromatic carbocycles. The van der Waals surface area contributed by atoms with Gasteiger partial charge in [-0.2, -0.15) is 0 Å². The number of halogens is 1. The molecule has 170 valence electrons. The van der Waals surface area contributed by atoms with Gasteiger partial charge in [0.1, 0.15) is 5.82 Å². The van der Waals surface area contributed by atoms with Crippen LogP contribution >= 0.6 is 0 Å². The van der Waals surface area contributed by atoms with Crippen molar-refractivity contribution in [3.05, 3.63) is 53.3 Å². The standard InChI is InChI=1S/C24H30FN5O2/c1-28-15-18-4-3-17(14-21(18)26)16-5-6-19(20(25)13-16)22(31)29-9-11-30(12-10-29)23(32)24(27)7-2-8-24/h3-6,13-14,28H,2,7-12,15,26-27H2,1H3. The summed E-state index contributed by atoms with van der Waals surface area (Å²) in [5.74, 6) is -0.971. The van der Waals surface area contributed by atoms with Crippen molar-refractivity contribution in [1.82, 2.24) is 15.1 Å². The van der Waals surface area contributed by atoms with Crippen molar-refractivity contribution in [3.63, 3.8) is 0 Å². The number of carbonyl (C=O) groups is 2. The number of benzene rings is 2. The molecule has 2 aliphatic rings. The molecule has 0 aromatic heterocycles. The largest absolute Gasteiger partial charge is 0.398 e. The number of hydrogen-bond acceptors (Lipinski definition) is 5. The molecule has 1 saturated heterocycles. The van der Waals surface area contributed by atoms with Gasteiger partial charge in [-0.15, -0.1) is 0 Å². The zero-order valence-corrected chi connectivity index (χ0v) is 18.4. The van der Waals surface area contributed by atoms with Gasteiger partial charge in [-0.3, -0.25) is 9.59 Å². The van der Waals surface area contributed by atoms with E-state index >= 15 is 0 Å². The predicted octanol–water partition coefficient (Wildman–Crippen LogP) is 1.96. The second-order valence-corrected chi connectivity index (χ2v) is 8.73. The van der Waals surface area contributed by atoms with Crippen LogP contribution in [-0.2, 0) is 11.3 Å². The van der Waals surface area contributed by atoms with E-state index in [1.807, 2.05) is 25.2 Å². The number of nitrogens with zero attached hydrogens (tertiary/aromatic N) is 2. The molecule has 0 bridgehead atoms. The topological polar surface area (TPSA) is 105 Å². The van der Waals surface area contributed by atoms with Crippen molar-refractivity contribution in [2.45, 2.75) is 31.3 Å². The van der Waals surface area contributed by atoms with Gasteiger partial charge in [0, 0.05) is 38.4 Å². The van der Waals surface area contributed by atoms with E-state index in [-0.39, 0.29) is 17.4 Å². The first kappa shape index (κ1) is 22.2. The van der Waals surface area contributed by atoms with E-state index in [2.05, 4.69) is 5.32 Å². The van der Waals surface area contributed by atoms with E-state index in [4.69, 9.17) is 11.5 Å². The molecule has 2 fully saturated rings. The molecule has 0 atom stereocenters. The SMILES string of the molecule is CNCc1ccc(-c2ccc(C(=O)N3CCN(C(=O)C4(N)CCC4)CC3)c(F)c2)cc1N. The summed E-state index contributed by atoms with van der Waals surface area (Å²) in [6.45, 7) is 2.22. The number of amides is 2. The highest BCUT2D eigenvalue weighted by molar-refractivity contribution is 5.95. The third kappa shape index (κ3) is 4.20. The molecule has 0 unspecified atom stereocenters. The molecular formula is C24H30FN5O2. The number of carbonyl (C=O) groups excluding carboxylic acids is 2. The highest BCUT2D eigenvalue weighted by Gasteiger charge is 2.43. The molecule has 4 rings (SSSR count). The predicted molar refractivity (Wildman–Crippen MR) is 122 cm³/mol. The van der Waals surface area contributed by atoms with Gasteiger partial charge in [0.25, 0.3) is 5.91 Å². The van der Waals surface area contributed by atoms with E-state index in [1.54, 1.807) is 15.9 Å². The highest BCUT2D eigenvalue weighted by atomic mass is 19.1. The summed E-state index contributed by atoms with van der Waals surface area (Å²) in [6, 6.07) is 10.2. The number of nitrogens with two attached hydrogens (primary N) is 2. The lowest BCUT2D eigenvalue weighted by Gasteiger charge is -2.43. The first-order chi connectivity index (χ1) is 15.3. The van der Waals surface area contributed by atoms with Gasteiger partial charge in [0.15, 0.2) is 0 Å². The van der Waals surface area contributed by atoms with Gasteiger partial charge in [0.2, 0.25) is 5.91 Å². The Labute approximate surface area is 187 Å². The summed E-state index contributed by atoms with van der Waals surface area (Å²) in [5, 5.41) is 3.06. The van der Waals surface area contributed by atoms with Crippen LogP contribution in [0.5, 0.6) is 0 Å². The van der Waals surface area contributed by atoms with Gasteiger partial charge < -0.3 is 26.6 Å². The monoisotopic (exact) mass is 439 g/mol. The second-order valence-electron chi connectivity index (χ2n) is 8.73. The minimum absolute atomic E-state index is 0.0302. The van der Waals surface area contributed by atoms with Gasteiger partial charge in [-0.1, -0.05) is 18.2 Å². The molecule has 32 heavy (non-hydrogen) atoms. The fraction of sp³-hybridized carbons (Fsp3) is 0.417. The van der Waals surface area contributed by atoms with E-state index in [0.717, 1.165) is 17.5 Å². The smallest absolute Gasteiger partial charge is 0.256 e. The van der Waals surface area contributed by atoms with Gasteiger partial charge in [-0.05, 0) is 61.2 Å². The summed E-state index contributed by atoms with van der Waals surface area (Å²) in [4.78, 5) is 28.8. The maximum atomic E-state index is 14.9. The van der Waals surface area contributed by atoms with Crippen LogP contribution < -0.4 is 16.8 Å². The van der Waals surface area contributed by atoms with Crippen molar-refractivity contribution in [1.29, 1.82) is 0 Å². The number of hydrogen-bond donors (Lipinski definition) is 3. The molecule has 1 saturated carbocycles. The van der Waals surface area contributed by atoms with Gasteiger partial charge in [-0.25, -0.2) is 4.39 Å². The van der Waals surface area contributed by atoms with Gasteiger partial charge in [0.05, 0.1) is 11.1 Å². The summed E-state index contributed by atoms with van der Waals surface area (Å²) in [5.41, 5.74) is 14.6. The summed E-state index contributed by atoms with van der Waals surface area (Å²) >= 11 is 0. The van der Waals surface area contributed by atoms with Crippen LogP contribution in [0.2, 0.25) is 0 Å². The molecular weight excluding hydrogens is 409 g/mol. The Bertz CT molecular complexity index is 1030. The maximum Gasteiger partial charge on any atom is 0.256 e. The molecule has 8 heteroatoms. The first-order valence-electron chi connectivity index (χ1n) is 11.0. The van der Waals surface area contributed by atoms with Crippen LogP contribution in [0.15, 0.2) is 36.4 Å². The van der Waals surface area contributed by atoms with Gasteiger partial charge >= 0.3 is 0 Å². The van der Waals surface area contributed by atoms with E-state index in [9.17, 15) is 14.0 Å². The van der Waals surface area contributed by atoms with Crippen molar-refractivity contribution < 1.29 is 14.0 Å². The van der Waals surface area contributed by atoms with Crippen LogP contribution in [-0.4, -0.2) is 60.4 Å². The van der Waals surface area contributed by atoms with E-state index < -0.39 is 11.4 Å². The Morgan fingerprint density at radius 3 is 2.22 bits per heavy atom. The molecule has 2 amide bonds. The van der Waals surface area contributed by atoms with Crippen LogP contribution in [0.4, 0.5) is 10.1 Å². The molecule has 1 aliphatic carbocycles. The zero-order chi connectivity index (χ0) is 22.9. The maximum absolute atomic E-state index is 14.9. The Morgan fingerprint density at radius 1 is 1.03 bits per heavy atom. The highest BCUT2D eigenvalue weighted by Crippen LogP contribution is 2.31. The fourth-order valence-corrected chi connectivity index (χ4v) is 4.36.